The number of carbonyl (C=O) groups excluding carboxylic acids is 2. The SMILES string of the molecule is COCCCOc1cccc(-n2c(-c3ccccc3)c(C(=O)N3CCNCC3)n(Cc3cccc(OCC(C)CC(N)=O)c3)c2=O)c1. The van der Waals surface area contributed by atoms with Gasteiger partial charge in [0.25, 0.3) is 5.91 Å². The van der Waals surface area contributed by atoms with Crippen molar-refractivity contribution in [1.29, 1.82) is 0 Å². The fourth-order valence-corrected chi connectivity index (χ4v) is 5.69. The summed E-state index contributed by atoms with van der Waals surface area (Å²) in [5.74, 6) is 0.577. The molecule has 11 heteroatoms. The lowest BCUT2D eigenvalue weighted by molar-refractivity contribution is -0.119. The number of primary amides is 1. The molecule has 0 bridgehead atoms. The number of benzene rings is 3. The van der Waals surface area contributed by atoms with Crippen LogP contribution in [-0.4, -0.2) is 79.0 Å². The highest BCUT2D eigenvalue weighted by atomic mass is 16.5. The maximum Gasteiger partial charge on any atom is 0.334 e. The zero-order valence-corrected chi connectivity index (χ0v) is 27.0. The van der Waals surface area contributed by atoms with Crippen molar-refractivity contribution < 1.29 is 23.8 Å². The first-order chi connectivity index (χ1) is 22.9. The molecule has 1 aromatic heterocycles. The maximum atomic E-state index is 14.6. The summed E-state index contributed by atoms with van der Waals surface area (Å²) in [6.45, 7) is 5.81. The number of nitrogens with one attached hydrogen (secondary N) is 1. The van der Waals surface area contributed by atoms with Crippen molar-refractivity contribution in [3.63, 3.8) is 0 Å². The molecule has 4 aromatic rings. The molecule has 0 radical (unpaired) electrons. The lowest BCUT2D eigenvalue weighted by atomic mass is 10.1. The predicted octanol–water partition coefficient (Wildman–Crippen LogP) is 3.71. The number of amides is 2. The van der Waals surface area contributed by atoms with Gasteiger partial charge in [0.2, 0.25) is 5.91 Å². The topological polar surface area (TPSA) is 130 Å². The van der Waals surface area contributed by atoms with E-state index in [-0.39, 0.29) is 36.4 Å². The van der Waals surface area contributed by atoms with E-state index in [1.165, 1.54) is 0 Å². The van der Waals surface area contributed by atoms with Crippen molar-refractivity contribution in [3.8, 4) is 28.4 Å². The van der Waals surface area contributed by atoms with Gasteiger partial charge in [-0.25, -0.2) is 4.79 Å². The van der Waals surface area contributed by atoms with E-state index < -0.39 is 0 Å². The van der Waals surface area contributed by atoms with Crippen LogP contribution in [0.25, 0.3) is 16.9 Å². The van der Waals surface area contributed by atoms with Gasteiger partial charge in [0.1, 0.15) is 17.2 Å². The summed E-state index contributed by atoms with van der Waals surface area (Å²) in [7, 11) is 1.65. The number of imidazole rings is 1. The zero-order valence-electron chi connectivity index (χ0n) is 27.0. The van der Waals surface area contributed by atoms with Crippen LogP contribution in [0.5, 0.6) is 11.5 Å². The fraction of sp³-hybridized carbons (Fsp3) is 0.361. The Bertz CT molecular complexity index is 1710. The van der Waals surface area contributed by atoms with Crippen molar-refractivity contribution in [2.24, 2.45) is 11.7 Å². The van der Waals surface area contributed by atoms with E-state index in [4.69, 9.17) is 19.9 Å². The quantitative estimate of drug-likeness (QED) is 0.189. The molecule has 5 rings (SSSR count). The van der Waals surface area contributed by atoms with Crippen molar-refractivity contribution in [2.75, 3.05) is 53.1 Å². The second kappa shape index (κ2) is 16.1. The third-order valence-electron chi connectivity index (χ3n) is 7.95. The number of nitrogens with two attached hydrogens (primary N) is 1. The van der Waals surface area contributed by atoms with Crippen LogP contribution >= 0.6 is 0 Å². The van der Waals surface area contributed by atoms with Crippen LogP contribution < -0.4 is 26.2 Å². The minimum atomic E-state index is -0.377. The number of hydrogen-bond donors (Lipinski definition) is 2. The molecule has 1 aliphatic rings. The second-order valence-electron chi connectivity index (χ2n) is 11.7. The highest BCUT2D eigenvalue weighted by molar-refractivity contribution is 5.99. The summed E-state index contributed by atoms with van der Waals surface area (Å²) in [5.41, 5.74) is 7.95. The van der Waals surface area contributed by atoms with E-state index in [0.29, 0.717) is 74.6 Å². The highest BCUT2D eigenvalue weighted by Gasteiger charge is 2.31. The largest absolute Gasteiger partial charge is 0.493 e. The normalized spacial score (nSPS) is 13.7. The minimum absolute atomic E-state index is 0.0517. The summed E-state index contributed by atoms with van der Waals surface area (Å²) < 4.78 is 20.3. The summed E-state index contributed by atoms with van der Waals surface area (Å²) in [6, 6.07) is 24.3. The molecule has 0 spiro atoms. The van der Waals surface area contributed by atoms with E-state index in [0.717, 1.165) is 17.5 Å². The number of carbonyl (C=O) groups is 2. The third kappa shape index (κ3) is 8.49. The van der Waals surface area contributed by atoms with E-state index in [2.05, 4.69) is 5.32 Å². The van der Waals surface area contributed by atoms with Gasteiger partial charge in [0, 0.05) is 64.4 Å². The standard InChI is InChI=1S/C36H43N5O6/c1-26(21-32(37)42)25-47-30-13-6-9-27(22-30)24-40-34(35(43)39-17-15-38-16-18-39)33(28-10-4-3-5-11-28)41(36(40)44)29-12-7-14-31(23-29)46-20-8-19-45-2/h3-7,9-14,22-23,26,38H,8,15-21,24-25H2,1-2H3,(H2,37,42). The van der Waals surface area contributed by atoms with Crippen LogP contribution in [0.2, 0.25) is 0 Å². The van der Waals surface area contributed by atoms with Gasteiger partial charge in [-0.1, -0.05) is 55.5 Å². The van der Waals surface area contributed by atoms with Crippen molar-refractivity contribution in [1.82, 2.24) is 19.4 Å². The average molecular weight is 642 g/mol. The Balaban J connectivity index is 1.60. The van der Waals surface area contributed by atoms with Crippen molar-refractivity contribution in [3.05, 3.63) is 101 Å². The number of piperazine rings is 1. The number of aromatic nitrogens is 2. The molecular weight excluding hydrogens is 598 g/mol. The van der Waals surface area contributed by atoms with Crippen LogP contribution in [0.15, 0.2) is 83.7 Å². The first-order valence-electron chi connectivity index (χ1n) is 16.0. The molecule has 47 heavy (non-hydrogen) atoms. The lowest BCUT2D eigenvalue weighted by Crippen LogP contribution is -2.47. The van der Waals surface area contributed by atoms with Gasteiger partial charge in [-0.05, 0) is 35.7 Å². The number of hydrogen-bond acceptors (Lipinski definition) is 7. The molecule has 1 fully saturated rings. The van der Waals surface area contributed by atoms with E-state index in [9.17, 15) is 14.4 Å². The number of rotatable bonds is 15. The molecule has 2 heterocycles. The first-order valence-corrected chi connectivity index (χ1v) is 16.0. The number of nitrogens with zero attached hydrogens (tertiary/aromatic N) is 3. The fourth-order valence-electron chi connectivity index (χ4n) is 5.69. The first kappa shape index (κ1) is 33.5. The molecule has 248 valence electrons. The van der Waals surface area contributed by atoms with Crippen molar-refractivity contribution >= 4 is 11.8 Å². The Labute approximate surface area is 274 Å². The maximum absolute atomic E-state index is 14.6. The molecular formula is C36H43N5O6. The Hall–Kier alpha value is -4.87. The van der Waals surface area contributed by atoms with Gasteiger partial charge in [0.05, 0.1) is 31.1 Å². The number of ether oxygens (including phenoxy) is 3. The summed E-state index contributed by atoms with van der Waals surface area (Å²) >= 11 is 0. The Morgan fingerprint density at radius 3 is 2.36 bits per heavy atom. The van der Waals surface area contributed by atoms with Gasteiger partial charge in [-0.3, -0.25) is 18.7 Å². The van der Waals surface area contributed by atoms with E-state index in [1.807, 2.05) is 85.8 Å². The third-order valence-corrected chi connectivity index (χ3v) is 7.95. The molecule has 1 atom stereocenters. The van der Waals surface area contributed by atoms with Crippen molar-refractivity contribution in [2.45, 2.75) is 26.3 Å². The smallest absolute Gasteiger partial charge is 0.334 e. The Morgan fingerprint density at radius 1 is 0.915 bits per heavy atom. The molecule has 0 aliphatic carbocycles. The van der Waals surface area contributed by atoms with Crippen LogP contribution in [-0.2, 0) is 16.1 Å². The van der Waals surface area contributed by atoms with E-state index in [1.54, 1.807) is 21.1 Å². The van der Waals surface area contributed by atoms with Crippen LogP contribution in [0.3, 0.4) is 0 Å². The highest BCUT2D eigenvalue weighted by Crippen LogP contribution is 2.30. The van der Waals surface area contributed by atoms with E-state index >= 15 is 0 Å². The molecule has 0 saturated carbocycles. The minimum Gasteiger partial charge on any atom is -0.493 e. The summed E-state index contributed by atoms with van der Waals surface area (Å²) in [4.78, 5) is 42.2. The molecule has 1 aliphatic heterocycles. The zero-order chi connectivity index (χ0) is 33.2. The molecule has 2 amide bonds. The number of methoxy groups -OCH3 is 1. The van der Waals surface area contributed by atoms with Crippen LogP contribution in [0.4, 0.5) is 0 Å². The molecule has 3 aromatic carbocycles. The lowest BCUT2D eigenvalue weighted by Gasteiger charge is -2.28. The van der Waals surface area contributed by atoms with Crippen LogP contribution in [0.1, 0.15) is 35.8 Å². The van der Waals surface area contributed by atoms with Gasteiger partial charge in [-0.15, -0.1) is 0 Å². The predicted molar refractivity (Wildman–Crippen MR) is 180 cm³/mol. The van der Waals surface area contributed by atoms with Crippen LogP contribution in [0, 0.1) is 5.92 Å². The second-order valence-corrected chi connectivity index (χ2v) is 11.7. The molecule has 1 unspecified atom stereocenters. The van der Waals surface area contributed by atoms with Gasteiger partial charge in [0.15, 0.2) is 0 Å². The molecule has 1 saturated heterocycles. The average Bonchev–Trinajstić information content (AvgIpc) is 3.37. The summed E-state index contributed by atoms with van der Waals surface area (Å²) in [6.07, 6.45) is 0.949. The van der Waals surface area contributed by atoms with Gasteiger partial charge >= 0.3 is 5.69 Å². The Kier molecular flexibility index (Phi) is 11.5. The monoisotopic (exact) mass is 641 g/mol. The molecule has 11 nitrogen and oxygen atoms in total. The Morgan fingerprint density at radius 2 is 1.64 bits per heavy atom. The summed E-state index contributed by atoms with van der Waals surface area (Å²) in [5, 5.41) is 3.30. The van der Waals surface area contributed by atoms with Gasteiger partial charge in [-0.2, -0.15) is 0 Å². The molecule has 3 N–H and O–H groups in total. The van der Waals surface area contributed by atoms with Gasteiger partial charge < -0.3 is 30.2 Å².